The summed E-state index contributed by atoms with van der Waals surface area (Å²) in [5, 5.41) is 14.3. The highest BCUT2D eigenvalue weighted by Gasteiger charge is 2.25. The number of benzene rings is 2. The standard InChI is InChI=1S/C23H26N4O/c1-2-16-6-3-8-20-19-10-9-18(14-21(19)26-22(16)20)25-23(28)17-7-4-12-27(15-17)13-5-11-24/h3,6,8-10,14,17,26H,2,4-5,7,12-13,15H2,1H3,(H,25,28). The molecule has 0 radical (unpaired) electrons. The first-order valence-corrected chi connectivity index (χ1v) is 10.1. The van der Waals surface area contributed by atoms with Crippen LogP contribution in [-0.4, -0.2) is 35.4 Å². The minimum Gasteiger partial charge on any atom is -0.354 e. The van der Waals surface area contributed by atoms with Gasteiger partial charge in [0.25, 0.3) is 0 Å². The SMILES string of the molecule is CCc1cccc2c1[nH]c1cc(NC(=O)C3CCCN(CCC#N)C3)ccc12. The lowest BCUT2D eigenvalue weighted by molar-refractivity contribution is -0.121. The molecule has 1 atom stereocenters. The van der Waals surface area contributed by atoms with E-state index in [1.54, 1.807) is 0 Å². The lowest BCUT2D eigenvalue weighted by Crippen LogP contribution is -2.41. The van der Waals surface area contributed by atoms with Crippen molar-refractivity contribution in [2.75, 3.05) is 25.0 Å². The Morgan fingerprint density at radius 2 is 2.21 bits per heavy atom. The number of aromatic nitrogens is 1. The Labute approximate surface area is 165 Å². The molecule has 1 aliphatic heterocycles. The monoisotopic (exact) mass is 374 g/mol. The van der Waals surface area contributed by atoms with E-state index >= 15 is 0 Å². The molecular formula is C23H26N4O. The van der Waals surface area contributed by atoms with Gasteiger partial charge in [0.05, 0.1) is 12.0 Å². The summed E-state index contributed by atoms with van der Waals surface area (Å²) in [6.07, 6.45) is 3.41. The Bertz CT molecular complexity index is 1050. The summed E-state index contributed by atoms with van der Waals surface area (Å²) in [7, 11) is 0. The van der Waals surface area contributed by atoms with Crippen LogP contribution >= 0.6 is 0 Å². The Morgan fingerprint density at radius 1 is 1.32 bits per heavy atom. The number of anilines is 1. The first kappa shape index (κ1) is 18.5. The molecule has 1 aliphatic rings. The number of hydrogen-bond acceptors (Lipinski definition) is 3. The van der Waals surface area contributed by atoms with E-state index in [1.165, 1.54) is 21.9 Å². The van der Waals surface area contributed by atoms with Gasteiger partial charge in [-0.1, -0.05) is 31.2 Å². The summed E-state index contributed by atoms with van der Waals surface area (Å²) in [5.41, 5.74) is 4.37. The fourth-order valence-corrected chi connectivity index (χ4v) is 4.29. The van der Waals surface area contributed by atoms with E-state index in [0.717, 1.165) is 50.1 Å². The molecule has 1 fully saturated rings. The van der Waals surface area contributed by atoms with Gasteiger partial charge >= 0.3 is 0 Å². The van der Waals surface area contributed by atoms with Crippen molar-refractivity contribution in [1.82, 2.24) is 9.88 Å². The first-order chi connectivity index (χ1) is 13.7. The lowest BCUT2D eigenvalue weighted by atomic mass is 9.97. The van der Waals surface area contributed by atoms with Crippen LogP contribution in [0.1, 0.15) is 31.7 Å². The number of para-hydroxylation sites is 1. The van der Waals surface area contributed by atoms with E-state index in [4.69, 9.17) is 5.26 Å². The number of aryl methyl sites for hydroxylation is 1. The summed E-state index contributed by atoms with van der Waals surface area (Å²) in [4.78, 5) is 18.5. The number of piperidine rings is 1. The molecule has 3 aromatic rings. The molecule has 2 aromatic carbocycles. The fraction of sp³-hybridized carbons (Fsp3) is 0.391. The Hall–Kier alpha value is -2.84. The Morgan fingerprint density at radius 3 is 3.04 bits per heavy atom. The molecule has 1 unspecified atom stereocenters. The van der Waals surface area contributed by atoms with E-state index in [0.29, 0.717) is 6.42 Å². The highest BCUT2D eigenvalue weighted by molar-refractivity contribution is 6.09. The van der Waals surface area contributed by atoms with Crippen LogP contribution in [0.4, 0.5) is 5.69 Å². The van der Waals surface area contributed by atoms with E-state index < -0.39 is 0 Å². The third-order valence-corrected chi connectivity index (χ3v) is 5.78. The zero-order chi connectivity index (χ0) is 19.5. The number of fused-ring (bicyclic) bond motifs is 3. The van der Waals surface area contributed by atoms with Gasteiger partial charge in [0.15, 0.2) is 0 Å². The number of amides is 1. The van der Waals surface area contributed by atoms with Crippen molar-refractivity contribution in [2.24, 2.45) is 5.92 Å². The van der Waals surface area contributed by atoms with Crippen LogP contribution in [0.5, 0.6) is 0 Å². The predicted octanol–water partition coefficient (Wildman–Crippen LogP) is 4.45. The summed E-state index contributed by atoms with van der Waals surface area (Å²) in [6.45, 7) is 4.63. The molecule has 4 rings (SSSR count). The molecule has 0 aliphatic carbocycles. The minimum absolute atomic E-state index is 0.0162. The maximum atomic E-state index is 12.8. The third kappa shape index (κ3) is 3.61. The summed E-state index contributed by atoms with van der Waals surface area (Å²) in [5.74, 6) is 0.0592. The van der Waals surface area contributed by atoms with E-state index in [9.17, 15) is 4.79 Å². The van der Waals surface area contributed by atoms with Crippen molar-refractivity contribution in [1.29, 1.82) is 5.26 Å². The van der Waals surface area contributed by atoms with Crippen LogP contribution in [0.15, 0.2) is 36.4 Å². The number of nitrogens with one attached hydrogen (secondary N) is 2. The lowest BCUT2D eigenvalue weighted by Gasteiger charge is -2.31. The molecule has 144 valence electrons. The molecule has 1 aromatic heterocycles. The Balaban J connectivity index is 1.52. The normalized spacial score (nSPS) is 17.6. The molecule has 0 spiro atoms. The molecule has 0 bridgehead atoms. The largest absolute Gasteiger partial charge is 0.354 e. The maximum absolute atomic E-state index is 12.8. The second-order valence-corrected chi connectivity index (χ2v) is 7.62. The van der Waals surface area contributed by atoms with Gasteiger partial charge in [-0.3, -0.25) is 4.79 Å². The fourth-order valence-electron chi connectivity index (χ4n) is 4.29. The predicted molar refractivity (Wildman–Crippen MR) is 113 cm³/mol. The zero-order valence-electron chi connectivity index (χ0n) is 16.3. The number of carbonyl (C=O) groups is 1. The highest BCUT2D eigenvalue weighted by Crippen LogP contribution is 2.30. The molecule has 0 saturated carbocycles. The number of hydrogen-bond donors (Lipinski definition) is 2. The van der Waals surface area contributed by atoms with E-state index in [1.807, 2.05) is 12.1 Å². The number of aromatic amines is 1. The minimum atomic E-state index is -0.0162. The molecule has 5 heteroatoms. The summed E-state index contributed by atoms with van der Waals surface area (Å²) >= 11 is 0. The van der Waals surface area contributed by atoms with Gasteiger partial charge in [0, 0.05) is 47.0 Å². The third-order valence-electron chi connectivity index (χ3n) is 5.78. The number of H-pyrrole nitrogens is 1. The van der Waals surface area contributed by atoms with Crippen molar-refractivity contribution in [2.45, 2.75) is 32.6 Å². The van der Waals surface area contributed by atoms with Crippen LogP contribution in [0.2, 0.25) is 0 Å². The van der Waals surface area contributed by atoms with Gasteiger partial charge in [-0.15, -0.1) is 0 Å². The summed E-state index contributed by atoms with van der Waals surface area (Å²) < 4.78 is 0. The maximum Gasteiger partial charge on any atom is 0.228 e. The average Bonchev–Trinajstić information content (AvgIpc) is 3.10. The average molecular weight is 374 g/mol. The molecule has 2 N–H and O–H groups in total. The second kappa shape index (κ2) is 8.04. The molecule has 1 saturated heterocycles. The molecule has 2 heterocycles. The molecule has 5 nitrogen and oxygen atoms in total. The summed E-state index contributed by atoms with van der Waals surface area (Å²) in [6, 6.07) is 14.7. The van der Waals surface area contributed by atoms with Crippen molar-refractivity contribution in [3.63, 3.8) is 0 Å². The van der Waals surface area contributed by atoms with Crippen molar-refractivity contribution in [3.05, 3.63) is 42.0 Å². The van der Waals surface area contributed by atoms with Crippen molar-refractivity contribution < 1.29 is 4.79 Å². The molecule has 1 amide bonds. The van der Waals surface area contributed by atoms with Crippen LogP contribution in [0.3, 0.4) is 0 Å². The van der Waals surface area contributed by atoms with Gasteiger partial charge in [-0.05, 0) is 43.5 Å². The Kier molecular flexibility index (Phi) is 5.31. The molecular weight excluding hydrogens is 348 g/mol. The second-order valence-electron chi connectivity index (χ2n) is 7.62. The van der Waals surface area contributed by atoms with Gasteiger partial charge in [-0.2, -0.15) is 5.26 Å². The number of nitrogens with zero attached hydrogens (tertiary/aromatic N) is 2. The van der Waals surface area contributed by atoms with Crippen LogP contribution in [-0.2, 0) is 11.2 Å². The van der Waals surface area contributed by atoms with Crippen LogP contribution in [0, 0.1) is 17.2 Å². The van der Waals surface area contributed by atoms with Crippen LogP contribution in [0.25, 0.3) is 21.8 Å². The number of likely N-dealkylation sites (tertiary alicyclic amines) is 1. The van der Waals surface area contributed by atoms with E-state index in [2.05, 4.69) is 52.5 Å². The number of rotatable bonds is 5. The topological polar surface area (TPSA) is 71.9 Å². The van der Waals surface area contributed by atoms with E-state index in [-0.39, 0.29) is 11.8 Å². The first-order valence-electron chi connectivity index (χ1n) is 10.1. The van der Waals surface area contributed by atoms with Crippen molar-refractivity contribution in [3.8, 4) is 6.07 Å². The van der Waals surface area contributed by atoms with Crippen molar-refractivity contribution >= 4 is 33.4 Å². The van der Waals surface area contributed by atoms with Crippen LogP contribution < -0.4 is 5.32 Å². The van der Waals surface area contributed by atoms with Gasteiger partial charge in [0.2, 0.25) is 5.91 Å². The number of nitriles is 1. The molecule has 28 heavy (non-hydrogen) atoms. The zero-order valence-corrected chi connectivity index (χ0v) is 16.3. The quantitative estimate of drug-likeness (QED) is 0.693. The van der Waals surface area contributed by atoms with Gasteiger partial charge in [-0.25, -0.2) is 0 Å². The number of carbonyl (C=O) groups excluding carboxylic acids is 1. The highest BCUT2D eigenvalue weighted by atomic mass is 16.1. The van der Waals surface area contributed by atoms with Gasteiger partial charge < -0.3 is 15.2 Å². The van der Waals surface area contributed by atoms with Gasteiger partial charge in [0.1, 0.15) is 0 Å². The smallest absolute Gasteiger partial charge is 0.228 e.